The van der Waals surface area contributed by atoms with E-state index in [1.165, 1.54) is 18.2 Å². The zero-order valence-corrected chi connectivity index (χ0v) is 10.3. The molecule has 16 heavy (non-hydrogen) atoms. The van der Waals surface area contributed by atoms with E-state index < -0.39 is 0 Å². The van der Waals surface area contributed by atoms with E-state index in [4.69, 9.17) is 10.5 Å². The standard InChI is InChI=1S/C12H15NO2.ClH/c1-7-8-5-6-11(13)10(8)4-3-9(7)12(14)15-2;/h3-4,11H,5-6,13H2,1-2H3;1H/t11-;/m0./s1. The van der Waals surface area contributed by atoms with Gasteiger partial charge in [-0.15, -0.1) is 12.4 Å². The first kappa shape index (κ1) is 13.0. The van der Waals surface area contributed by atoms with Crippen molar-refractivity contribution in [3.63, 3.8) is 0 Å². The molecule has 1 aromatic rings. The van der Waals surface area contributed by atoms with Gasteiger partial charge in [-0.05, 0) is 42.5 Å². The van der Waals surface area contributed by atoms with Crippen LogP contribution in [0, 0.1) is 6.92 Å². The fourth-order valence-electron chi connectivity index (χ4n) is 2.24. The number of nitrogens with two attached hydrogens (primary N) is 1. The van der Waals surface area contributed by atoms with Gasteiger partial charge in [-0.3, -0.25) is 0 Å². The molecule has 1 aliphatic rings. The van der Waals surface area contributed by atoms with Gasteiger partial charge in [-0.2, -0.15) is 0 Å². The summed E-state index contributed by atoms with van der Waals surface area (Å²) in [6.07, 6.45) is 1.94. The lowest BCUT2D eigenvalue weighted by Crippen LogP contribution is -2.08. The maximum Gasteiger partial charge on any atom is 0.338 e. The van der Waals surface area contributed by atoms with Crippen LogP contribution in [-0.4, -0.2) is 13.1 Å². The number of rotatable bonds is 1. The Morgan fingerprint density at radius 3 is 2.81 bits per heavy atom. The van der Waals surface area contributed by atoms with Crippen molar-refractivity contribution in [3.8, 4) is 0 Å². The van der Waals surface area contributed by atoms with Crippen molar-refractivity contribution in [2.75, 3.05) is 7.11 Å². The molecule has 1 atom stereocenters. The predicted molar refractivity (Wildman–Crippen MR) is 65.0 cm³/mol. The lowest BCUT2D eigenvalue weighted by Gasteiger charge is -2.10. The SMILES string of the molecule is COC(=O)c1ccc2c(c1C)CC[C@@H]2N.Cl. The molecule has 0 spiro atoms. The van der Waals surface area contributed by atoms with Gasteiger partial charge in [0.1, 0.15) is 0 Å². The summed E-state index contributed by atoms with van der Waals surface area (Å²) >= 11 is 0. The summed E-state index contributed by atoms with van der Waals surface area (Å²) < 4.78 is 4.73. The number of carbonyl (C=O) groups is 1. The van der Waals surface area contributed by atoms with E-state index in [-0.39, 0.29) is 24.4 Å². The molecule has 0 aliphatic heterocycles. The Bertz CT molecular complexity index is 418. The van der Waals surface area contributed by atoms with Gasteiger partial charge in [-0.25, -0.2) is 4.79 Å². The molecule has 88 valence electrons. The summed E-state index contributed by atoms with van der Waals surface area (Å²) in [5.41, 5.74) is 10.0. The molecule has 0 heterocycles. The summed E-state index contributed by atoms with van der Waals surface area (Å²) in [5, 5.41) is 0. The van der Waals surface area contributed by atoms with E-state index >= 15 is 0 Å². The van der Waals surface area contributed by atoms with Crippen LogP contribution in [0.3, 0.4) is 0 Å². The van der Waals surface area contributed by atoms with Crippen LogP contribution in [0.25, 0.3) is 0 Å². The van der Waals surface area contributed by atoms with Crippen molar-refractivity contribution in [1.29, 1.82) is 0 Å². The van der Waals surface area contributed by atoms with Crippen LogP contribution in [0.5, 0.6) is 0 Å². The number of hydrogen-bond acceptors (Lipinski definition) is 3. The van der Waals surface area contributed by atoms with Crippen LogP contribution in [0.1, 0.15) is 39.5 Å². The van der Waals surface area contributed by atoms with Crippen molar-refractivity contribution >= 4 is 18.4 Å². The zero-order valence-electron chi connectivity index (χ0n) is 9.45. The molecule has 0 saturated carbocycles. The van der Waals surface area contributed by atoms with Crippen LogP contribution in [0.4, 0.5) is 0 Å². The first-order valence-corrected chi connectivity index (χ1v) is 5.11. The highest BCUT2D eigenvalue weighted by atomic mass is 35.5. The van der Waals surface area contributed by atoms with E-state index in [0.717, 1.165) is 18.4 Å². The molecule has 0 fully saturated rings. The van der Waals surface area contributed by atoms with Crippen molar-refractivity contribution in [3.05, 3.63) is 34.4 Å². The van der Waals surface area contributed by atoms with Gasteiger partial charge < -0.3 is 10.5 Å². The number of benzene rings is 1. The van der Waals surface area contributed by atoms with Crippen molar-refractivity contribution < 1.29 is 9.53 Å². The minimum Gasteiger partial charge on any atom is -0.465 e. The third-order valence-electron chi connectivity index (χ3n) is 3.14. The van der Waals surface area contributed by atoms with E-state index in [0.29, 0.717) is 5.56 Å². The molecule has 3 nitrogen and oxygen atoms in total. The van der Waals surface area contributed by atoms with Crippen molar-refractivity contribution in [2.24, 2.45) is 5.73 Å². The predicted octanol–water partition coefficient (Wildman–Crippen LogP) is 2.15. The van der Waals surface area contributed by atoms with Gasteiger partial charge in [0.2, 0.25) is 0 Å². The van der Waals surface area contributed by atoms with Crippen molar-refractivity contribution in [2.45, 2.75) is 25.8 Å². The maximum atomic E-state index is 11.5. The van der Waals surface area contributed by atoms with Gasteiger partial charge in [-0.1, -0.05) is 6.07 Å². The quantitative estimate of drug-likeness (QED) is 0.767. The highest BCUT2D eigenvalue weighted by Gasteiger charge is 2.23. The van der Waals surface area contributed by atoms with Gasteiger partial charge in [0.15, 0.2) is 0 Å². The molecule has 0 amide bonds. The second-order valence-corrected chi connectivity index (χ2v) is 3.94. The van der Waals surface area contributed by atoms with Crippen LogP contribution in [0.15, 0.2) is 12.1 Å². The number of ether oxygens (including phenoxy) is 1. The van der Waals surface area contributed by atoms with Gasteiger partial charge in [0.05, 0.1) is 12.7 Å². The number of esters is 1. The van der Waals surface area contributed by atoms with E-state index in [1.807, 2.05) is 19.1 Å². The summed E-state index contributed by atoms with van der Waals surface area (Å²) in [6.45, 7) is 1.96. The lowest BCUT2D eigenvalue weighted by atomic mass is 9.98. The maximum absolute atomic E-state index is 11.5. The summed E-state index contributed by atoms with van der Waals surface area (Å²) in [4.78, 5) is 11.5. The first-order chi connectivity index (χ1) is 7.15. The number of halogens is 1. The average molecular weight is 242 g/mol. The average Bonchev–Trinajstić information content (AvgIpc) is 2.61. The second-order valence-electron chi connectivity index (χ2n) is 3.94. The van der Waals surface area contributed by atoms with E-state index in [2.05, 4.69) is 0 Å². The zero-order chi connectivity index (χ0) is 11.0. The van der Waals surface area contributed by atoms with Gasteiger partial charge >= 0.3 is 5.97 Å². The molecule has 2 rings (SSSR count). The summed E-state index contributed by atoms with van der Waals surface area (Å²) in [7, 11) is 1.40. The molecular formula is C12H16ClNO2. The highest BCUT2D eigenvalue weighted by Crippen LogP contribution is 2.33. The molecule has 0 aromatic heterocycles. The molecule has 0 radical (unpaired) electrons. The van der Waals surface area contributed by atoms with Crippen LogP contribution in [0.2, 0.25) is 0 Å². The Balaban J connectivity index is 0.00000128. The number of fused-ring (bicyclic) bond motifs is 1. The molecule has 1 aliphatic carbocycles. The summed E-state index contributed by atoms with van der Waals surface area (Å²) in [5.74, 6) is -0.268. The highest BCUT2D eigenvalue weighted by molar-refractivity contribution is 5.91. The minimum atomic E-state index is -0.268. The van der Waals surface area contributed by atoms with E-state index in [1.54, 1.807) is 0 Å². The lowest BCUT2D eigenvalue weighted by molar-refractivity contribution is 0.0600. The van der Waals surface area contributed by atoms with Crippen LogP contribution in [-0.2, 0) is 11.2 Å². The third-order valence-corrected chi connectivity index (χ3v) is 3.14. The fourth-order valence-corrected chi connectivity index (χ4v) is 2.24. The molecule has 0 unspecified atom stereocenters. The Hall–Kier alpha value is -1.06. The molecule has 2 N–H and O–H groups in total. The Labute approximate surface area is 101 Å². The number of carbonyl (C=O) groups excluding carboxylic acids is 1. The van der Waals surface area contributed by atoms with Crippen LogP contribution >= 0.6 is 12.4 Å². The normalized spacial score (nSPS) is 17.6. The molecular weight excluding hydrogens is 226 g/mol. The van der Waals surface area contributed by atoms with Gasteiger partial charge in [0, 0.05) is 6.04 Å². The Morgan fingerprint density at radius 1 is 1.50 bits per heavy atom. The smallest absolute Gasteiger partial charge is 0.338 e. The summed E-state index contributed by atoms with van der Waals surface area (Å²) in [6, 6.07) is 3.89. The topological polar surface area (TPSA) is 52.3 Å². The first-order valence-electron chi connectivity index (χ1n) is 5.11. The Kier molecular flexibility index (Phi) is 3.94. The molecule has 0 bridgehead atoms. The molecule has 1 aromatic carbocycles. The van der Waals surface area contributed by atoms with Gasteiger partial charge in [0.25, 0.3) is 0 Å². The fraction of sp³-hybridized carbons (Fsp3) is 0.417. The largest absolute Gasteiger partial charge is 0.465 e. The van der Waals surface area contributed by atoms with E-state index in [9.17, 15) is 4.79 Å². The monoisotopic (exact) mass is 241 g/mol. The van der Waals surface area contributed by atoms with Crippen LogP contribution < -0.4 is 5.73 Å². The second kappa shape index (κ2) is 4.85. The number of methoxy groups -OCH3 is 1. The Morgan fingerprint density at radius 2 is 2.19 bits per heavy atom. The molecule has 0 saturated heterocycles. The minimum absolute atomic E-state index is 0. The third kappa shape index (κ3) is 1.93. The number of hydrogen-bond donors (Lipinski definition) is 1. The molecule has 4 heteroatoms. The van der Waals surface area contributed by atoms with Crippen molar-refractivity contribution in [1.82, 2.24) is 0 Å².